The molecule has 0 atom stereocenters. The van der Waals surface area contributed by atoms with Gasteiger partial charge in [-0.1, -0.05) is 24.3 Å². The van der Waals surface area contributed by atoms with Gasteiger partial charge in [-0.05, 0) is 41.3 Å². The maximum absolute atomic E-state index is 13.3. The van der Waals surface area contributed by atoms with Crippen LogP contribution < -0.4 is 5.73 Å². The zero-order valence-corrected chi connectivity index (χ0v) is 10.8. The number of benzene rings is 2. The van der Waals surface area contributed by atoms with Crippen LogP contribution in [0.15, 0.2) is 42.5 Å². The Hall–Kier alpha value is -1.87. The quantitative estimate of drug-likeness (QED) is 0.837. The van der Waals surface area contributed by atoms with Gasteiger partial charge in [-0.25, -0.2) is 4.39 Å². The Balaban J connectivity index is 1.75. The molecule has 1 aliphatic heterocycles. The van der Waals surface area contributed by atoms with Crippen molar-refractivity contribution in [3.05, 3.63) is 65.0 Å². The van der Waals surface area contributed by atoms with E-state index in [1.54, 1.807) is 6.07 Å². The Kier molecular flexibility index (Phi) is 3.22. The van der Waals surface area contributed by atoms with Crippen LogP contribution in [0.4, 0.5) is 10.1 Å². The van der Waals surface area contributed by atoms with Gasteiger partial charge < -0.3 is 5.73 Å². The van der Waals surface area contributed by atoms with Crippen molar-refractivity contribution in [2.75, 3.05) is 12.3 Å². The SMILES string of the molecule is Nc1cc(F)cc(CN2CCc3ccccc3C2)c1. The summed E-state index contributed by atoms with van der Waals surface area (Å²) >= 11 is 0. The van der Waals surface area contributed by atoms with Crippen LogP contribution in [0.25, 0.3) is 0 Å². The smallest absolute Gasteiger partial charge is 0.125 e. The summed E-state index contributed by atoms with van der Waals surface area (Å²) in [5, 5.41) is 0. The van der Waals surface area contributed by atoms with Gasteiger partial charge in [0.05, 0.1) is 0 Å². The standard InChI is InChI=1S/C16H17FN2/c17-15-7-12(8-16(18)9-15)10-19-6-5-13-3-1-2-4-14(13)11-19/h1-4,7-9H,5-6,10-11,18H2. The molecule has 2 nitrogen and oxygen atoms in total. The van der Waals surface area contributed by atoms with E-state index in [1.165, 1.54) is 17.2 Å². The van der Waals surface area contributed by atoms with Crippen molar-refractivity contribution in [1.29, 1.82) is 0 Å². The second-order valence-electron chi connectivity index (χ2n) is 5.12. The Morgan fingerprint density at radius 3 is 2.68 bits per heavy atom. The topological polar surface area (TPSA) is 29.3 Å². The third kappa shape index (κ3) is 2.76. The molecule has 0 aromatic heterocycles. The lowest BCUT2D eigenvalue weighted by molar-refractivity contribution is 0.245. The molecule has 2 aromatic carbocycles. The highest BCUT2D eigenvalue weighted by atomic mass is 19.1. The minimum atomic E-state index is -0.257. The monoisotopic (exact) mass is 256 g/mol. The molecular weight excluding hydrogens is 239 g/mol. The highest BCUT2D eigenvalue weighted by Gasteiger charge is 2.15. The summed E-state index contributed by atoms with van der Waals surface area (Å²) in [7, 11) is 0. The van der Waals surface area contributed by atoms with E-state index in [0.29, 0.717) is 5.69 Å². The molecule has 1 heterocycles. The molecule has 19 heavy (non-hydrogen) atoms. The number of nitrogen functional groups attached to an aromatic ring is 1. The summed E-state index contributed by atoms with van der Waals surface area (Å²) < 4.78 is 13.3. The number of fused-ring (bicyclic) bond motifs is 1. The zero-order chi connectivity index (χ0) is 13.2. The molecule has 0 saturated carbocycles. The van der Waals surface area contributed by atoms with Gasteiger partial charge in [-0.3, -0.25) is 4.90 Å². The number of nitrogens with zero attached hydrogens (tertiary/aromatic N) is 1. The summed E-state index contributed by atoms with van der Waals surface area (Å²) in [4.78, 5) is 2.33. The first kappa shape index (κ1) is 12.2. The molecule has 0 amide bonds. The zero-order valence-electron chi connectivity index (χ0n) is 10.8. The predicted octanol–water partition coefficient (Wildman–Crippen LogP) is 2.97. The lowest BCUT2D eigenvalue weighted by Gasteiger charge is -2.28. The Morgan fingerprint density at radius 1 is 1.11 bits per heavy atom. The van der Waals surface area contributed by atoms with E-state index < -0.39 is 0 Å². The number of hydrogen-bond donors (Lipinski definition) is 1. The van der Waals surface area contributed by atoms with Gasteiger partial charge in [0.25, 0.3) is 0 Å². The van der Waals surface area contributed by atoms with Gasteiger partial charge in [-0.2, -0.15) is 0 Å². The van der Waals surface area contributed by atoms with E-state index in [4.69, 9.17) is 5.73 Å². The van der Waals surface area contributed by atoms with Crippen LogP contribution in [0.2, 0.25) is 0 Å². The van der Waals surface area contributed by atoms with Gasteiger partial charge in [0.1, 0.15) is 5.82 Å². The normalized spacial score (nSPS) is 15.2. The van der Waals surface area contributed by atoms with Crippen LogP contribution in [0.1, 0.15) is 16.7 Å². The molecule has 0 fully saturated rings. The van der Waals surface area contributed by atoms with Crippen LogP contribution in [0.3, 0.4) is 0 Å². The Bertz CT molecular complexity index is 575. The van der Waals surface area contributed by atoms with E-state index in [9.17, 15) is 4.39 Å². The van der Waals surface area contributed by atoms with Crippen molar-refractivity contribution in [3.63, 3.8) is 0 Å². The van der Waals surface area contributed by atoms with E-state index in [0.717, 1.165) is 31.6 Å². The van der Waals surface area contributed by atoms with Crippen LogP contribution in [-0.2, 0) is 19.5 Å². The lowest BCUT2D eigenvalue weighted by atomic mass is 9.99. The van der Waals surface area contributed by atoms with Crippen molar-refractivity contribution in [2.45, 2.75) is 19.5 Å². The third-order valence-electron chi connectivity index (χ3n) is 3.60. The molecular formula is C16H17FN2. The molecule has 98 valence electrons. The first-order valence-electron chi connectivity index (χ1n) is 6.55. The lowest BCUT2D eigenvalue weighted by Crippen LogP contribution is -2.30. The van der Waals surface area contributed by atoms with Crippen molar-refractivity contribution >= 4 is 5.69 Å². The first-order chi connectivity index (χ1) is 9.20. The first-order valence-corrected chi connectivity index (χ1v) is 6.55. The van der Waals surface area contributed by atoms with E-state index >= 15 is 0 Å². The van der Waals surface area contributed by atoms with Crippen LogP contribution >= 0.6 is 0 Å². The fourth-order valence-corrected chi connectivity index (χ4v) is 2.71. The molecule has 0 aliphatic carbocycles. The second-order valence-corrected chi connectivity index (χ2v) is 5.12. The number of anilines is 1. The fourth-order valence-electron chi connectivity index (χ4n) is 2.71. The third-order valence-corrected chi connectivity index (χ3v) is 3.60. The largest absolute Gasteiger partial charge is 0.399 e. The summed E-state index contributed by atoms with van der Waals surface area (Å²) in [5.41, 5.74) is 9.92. The van der Waals surface area contributed by atoms with Crippen LogP contribution in [0, 0.1) is 5.82 Å². The maximum Gasteiger partial charge on any atom is 0.125 e. The fraction of sp³-hybridized carbons (Fsp3) is 0.250. The number of rotatable bonds is 2. The minimum Gasteiger partial charge on any atom is -0.399 e. The molecule has 0 saturated heterocycles. The van der Waals surface area contributed by atoms with Crippen LogP contribution in [0.5, 0.6) is 0 Å². The number of hydrogen-bond acceptors (Lipinski definition) is 2. The van der Waals surface area contributed by atoms with Crippen molar-refractivity contribution in [1.82, 2.24) is 4.90 Å². The Morgan fingerprint density at radius 2 is 1.89 bits per heavy atom. The minimum absolute atomic E-state index is 0.257. The van der Waals surface area contributed by atoms with Gasteiger partial charge in [0.2, 0.25) is 0 Å². The van der Waals surface area contributed by atoms with Gasteiger partial charge in [0.15, 0.2) is 0 Å². The molecule has 0 unspecified atom stereocenters. The highest BCUT2D eigenvalue weighted by Crippen LogP contribution is 2.21. The molecule has 2 aromatic rings. The Labute approximate surface area is 112 Å². The van der Waals surface area contributed by atoms with Gasteiger partial charge in [-0.15, -0.1) is 0 Å². The van der Waals surface area contributed by atoms with E-state index in [2.05, 4.69) is 29.2 Å². The summed E-state index contributed by atoms with van der Waals surface area (Å²) in [6.45, 7) is 2.68. The van der Waals surface area contributed by atoms with Crippen LogP contribution in [-0.4, -0.2) is 11.4 Å². The number of nitrogens with two attached hydrogens (primary N) is 1. The summed E-state index contributed by atoms with van der Waals surface area (Å²) in [6, 6.07) is 13.3. The van der Waals surface area contributed by atoms with Gasteiger partial charge >= 0.3 is 0 Å². The van der Waals surface area contributed by atoms with Crippen molar-refractivity contribution in [2.24, 2.45) is 0 Å². The second kappa shape index (κ2) is 5.02. The van der Waals surface area contributed by atoms with Crippen molar-refractivity contribution < 1.29 is 4.39 Å². The average Bonchev–Trinajstić information content (AvgIpc) is 2.37. The molecule has 3 rings (SSSR count). The molecule has 0 bridgehead atoms. The summed E-state index contributed by atoms with van der Waals surface area (Å²) in [6.07, 6.45) is 1.06. The van der Waals surface area contributed by atoms with E-state index in [-0.39, 0.29) is 5.82 Å². The molecule has 3 heteroatoms. The number of halogens is 1. The molecule has 2 N–H and O–H groups in total. The molecule has 0 spiro atoms. The molecule has 1 aliphatic rings. The predicted molar refractivity (Wildman–Crippen MR) is 75.1 cm³/mol. The van der Waals surface area contributed by atoms with Gasteiger partial charge in [0, 0.05) is 25.3 Å². The average molecular weight is 256 g/mol. The van der Waals surface area contributed by atoms with Crippen molar-refractivity contribution in [3.8, 4) is 0 Å². The molecule has 0 radical (unpaired) electrons. The van der Waals surface area contributed by atoms with E-state index in [1.807, 2.05) is 6.07 Å². The summed E-state index contributed by atoms with van der Waals surface area (Å²) in [5.74, 6) is -0.257. The highest BCUT2D eigenvalue weighted by molar-refractivity contribution is 5.41. The maximum atomic E-state index is 13.3.